The van der Waals surface area contributed by atoms with Crippen LogP contribution in [0.2, 0.25) is 0 Å². The quantitative estimate of drug-likeness (QED) is 0.920. The summed E-state index contributed by atoms with van der Waals surface area (Å²) in [5.41, 5.74) is 3.36. The minimum atomic E-state index is -0.0381. The molecule has 0 atom stereocenters. The van der Waals surface area contributed by atoms with E-state index in [4.69, 9.17) is 5.26 Å². The van der Waals surface area contributed by atoms with Crippen LogP contribution < -0.4 is 5.56 Å². The SMILES string of the molecule is CCn1cc(CN2Cc3nc(C)[nH]c(=O)c3C2)cc1C#N. The summed E-state index contributed by atoms with van der Waals surface area (Å²) in [7, 11) is 0. The number of H-pyrrole nitrogens is 1. The lowest BCUT2D eigenvalue weighted by molar-refractivity contribution is 0.273. The van der Waals surface area contributed by atoms with Crippen molar-refractivity contribution in [2.45, 2.75) is 40.0 Å². The summed E-state index contributed by atoms with van der Waals surface area (Å²) < 4.78 is 1.94. The number of aryl methyl sites for hydroxylation is 2. The van der Waals surface area contributed by atoms with Gasteiger partial charge in [-0.05, 0) is 25.5 Å². The van der Waals surface area contributed by atoms with E-state index >= 15 is 0 Å². The van der Waals surface area contributed by atoms with E-state index in [1.165, 1.54) is 0 Å². The topological polar surface area (TPSA) is 77.7 Å². The van der Waals surface area contributed by atoms with Gasteiger partial charge in [0.2, 0.25) is 0 Å². The van der Waals surface area contributed by atoms with Crippen molar-refractivity contribution in [1.29, 1.82) is 5.26 Å². The normalized spacial score (nSPS) is 14.1. The molecule has 2 aromatic heterocycles. The van der Waals surface area contributed by atoms with Crippen molar-refractivity contribution in [1.82, 2.24) is 19.4 Å². The Morgan fingerprint density at radius 2 is 2.29 bits per heavy atom. The van der Waals surface area contributed by atoms with Crippen molar-refractivity contribution in [2.75, 3.05) is 0 Å². The maximum Gasteiger partial charge on any atom is 0.255 e. The Bertz CT molecular complexity index is 780. The van der Waals surface area contributed by atoms with E-state index in [1.54, 1.807) is 6.92 Å². The summed E-state index contributed by atoms with van der Waals surface area (Å²) in [6.07, 6.45) is 2.00. The molecule has 1 aliphatic heterocycles. The Morgan fingerprint density at radius 1 is 1.48 bits per heavy atom. The lowest BCUT2D eigenvalue weighted by atomic mass is 10.3. The first-order chi connectivity index (χ1) is 10.1. The second kappa shape index (κ2) is 5.19. The van der Waals surface area contributed by atoms with Crippen LogP contribution in [0.15, 0.2) is 17.1 Å². The zero-order chi connectivity index (χ0) is 15.0. The van der Waals surface area contributed by atoms with Crippen LogP contribution >= 0.6 is 0 Å². The summed E-state index contributed by atoms with van der Waals surface area (Å²) in [6.45, 7) is 6.60. The van der Waals surface area contributed by atoms with Crippen molar-refractivity contribution in [3.63, 3.8) is 0 Å². The number of nitrogens with one attached hydrogen (secondary N) is 1. The highest BCUT2D eigenvalue weighted by atomic mass is 16.1. The molecular weight excluding hydrogens is 266 g/mol. The first-order valence-electron chi connectivity index (χ1n) is 7.01. The van der Waals surface area contributed by atoms with Crippen molar-refractivity contribution in [2.24, 2.45) is 0 Å². The Balaban J connectivity index is 1.80. The Kier molecular flexibility index (Phi) is 3.35. The molecule has 108 valence electrons. The van der Waals surface area contributed by atoms with Gasteiger partial charge in [0.15, 0.2) is 0 Å². The zero-order valence-corrected chi connectivity index (χ0v) is 12.2. The van der Waals surface area contributed by atoms with Crippen LogP contribution in [0.4, 0.5) is 0 Å². The van der Waals surface area contributed by atoms with Gasteiger partial charge in [-0.3, -0.25) is 9.69 Å². The third-order valence-corrected chi connectivity index (χ3v) is 3.79. The number of hydrogen-bond donors (Lipinski definition) is 1. The maximum absolute atomic E-state index is 11.9. The van der Waals surface area contributed by atoms with Crippen LogP contribution in [-0.2, 0) is 26.2 Å². The van der Waals surface area contributed by atoms with Gasteiger partial charge in [0.25, 0.3) is 5.56 Å². The average Bonchev–Trinajstić information content (AvgIpc) is 3.02. The van der Waals surface area contributed by atoms with Gasteiger partial charge >= 0.3 is 0 Å². The van der Waals surface area contributed by atoms with E-state index in [0.29, 0.717) is 24.6 Å². The lowest BCUT2D eigenvalue weighted by Crippen LogP contribution is -2.18. The fourth-order valence-corrected chi connectivity index (χ4v) is 2.83. The molecule has 0 aliphatic carbocycles. The number of fused-ring (bicyclic) bond motifs is 1. The van der Waals surface area contributed by atoms with Gasteiger partial charge in [0, 0.05) is 32.4 Å². The number of nitriles is 1. The van der Waals surface area contributed by atoms with E-state index in [-0.39, 0.29) is 5.56 Å². The van der Waals surface area contributed by atoms with Gasteiger partial charge in [-0.15, -0.1) is 0 Å². The van der Waals surface area contributed by atoms with Crippen LogP contribution in [0.1, 0.15) is 35.3 Å². The van der Waals surface area contributed by atoms with Crippen molar-refractivity contribution >= 4 is 0 Å². The first kappa shape index (κ1) is 13.6. The summed E-state index contributed by atoms with van der Waals surface area (Å²) in [5.74, 6) is 0.657. The van der Waals surface area contributed by atoms with Gasteiger partial charge in [-0.2, -0.15) is 5.26 Å². The van der Waals surface area contributed by atoms with Crippen LogP contribution in [0.3, 0.4) is 0 Å². The van der Waals surface area contributed by atoms with E-state index < -0.39 is 0 Å². The van der Waals surface area contributed by atoms with Crippen LogP contribution in [0, 0.1) is 18.3 Å². The number of aromatic amines is 1. The molecule has 2 aromatic rings. The van der Waals surface area contributed by atoms with Crippen molar-refractivity contribution < 1.29 is 0 Å². The molecule has 0 saturated carbocycles. The smallest absolute Gasteiger partial charge is 0.255 e. The lowest BCUT2D eigenvalue weighted by Gasteiger charge is -2.12. The summed E-state index contributed by atoms with van der Waals surface area (Å²) in [4.78, 5) is 21.2. The highest BCUT2D eigenvalue weighted by Crippen LogP contribution is 2.21. The molecule has 0 bridgehead atoms. The highest BCUT2D eigenvalue weighted by molar-refractivity contribution is 5.29. The second-order valence-electron chi connectivity index (χ2n) is 5.35. The molecule has 6 heteroatoms. The van der Waals surface area contributed by atoms with Crippen molar-refractivity contribution in [3.8, 4) is 6.07 Å². The minimum Gasteiger partial charge on any atom is -0.339 e. The Hall–Kier alpha value is -2.39. The third-order valence-electron chi connectivity index (χ3n) is 3.79. The number of hydrogen-bond acceptors (Lipinski definition) is 4. The van der Waals surface area contributed by atoms with E-state index in [2.05, 4.69) is 20.9 Å². The van der Waals surface area contributed by atoms with Crippen molar-refractivity contribution in [3.05, 3.63) is 51.0 Å². The summed E-state index contributed by atoms with van der Waals surface area (Å²) in [5, 5.41) is 9.09. The van der Waals surface area contributed by atoms with Crippen LogP contribution in [0.5, 0.6) is 0 Å². The number of nitrogens with zero attached hydrogens (tertiary/aromatic N) is 4. The standard InChI is InChI=1S/C15H17N5O/c1-3-20-7-11(4-12(20)5-16)6-19-8-13-14(9-19)17-10(2)18-15(13)21/h4,7H,3,6,8-9H2,1-2H3,(H,17,18,21). The molecule has 6 nitrogen and oxygen atoms in total. The predicted molar refractivity (Wildman–Crippen MR) is 77.4 cm³/mol. The molecule has 0 amide bonds. The molecule has 1 aliphatic rings. The molecule has 0 aromatic carbocycles. The van der Waals surface area contributed by atoms with Gasteiger partial charge < -0.3 is 9.55 Å². The monoisotopic (exact) mass is 283 g/mol. The maximum atomic E-state index is 11.9. The molecule has 3 rings (SSSR count). The average molecular weight is 283 g/mol. The van der Waals surface area contributed by atoms with E-state index in [0.717, 1.165) is 29.9 Å². The molecule has 0 radical (unpaired) electrons. The number of rotatable bonds is 3. The summed E-state index contributed by atoms with van der Waals surface area (Å²) >= 11 is 0. The van der Waals surface area contributed by atoms with Gasteiger partial charge in [-0.1, -0.05) is 0 Å². The highest BCUT2D eigenvalue weighted by Gasteiger charge is 2.23. The van der Waals surface area contributed by atoms with Gasteiger partial charge in [0.1, 0.15) is 17.6 Å². The largest absolute Gasteiger partial charge is 0.339 e. The third kappa shape index (κ3) is 2.48. The fraction of sp³-hybridized carbons (Fsp3) is 0.400. The minimum absolute atomic E-state index is 0.0381. The van der Waals surface area contributed by atoms with E-state index in [9.17, 15) is 4.79 Å². The Labute approximate surface area is 122 Å². The summed E-state index contributed by atoms with van der Waals surface area (Å²) in [6, 6.07) is 4.11. The van der Waals surface area contributed by atoms with Crippen LogP contribution in [-0.4, -0.2) is 19.4 Å². The second-order valence-corrected chi connectivity index (χ2v) is 5.35. The first-order valence-corrected chi connectivity index (χ1v) is 7.01. The van der Waals surface area contributed by atoms with Gasteiger partial charge in [-0.25, -0.2) is 4.98 Å². The Morgan fingerprint density at radius 3 is 2.95 bits per heavy atom. The number of aromatic nitrogens is 3. The molecule has 0 saturated heterocycles. The fourth-order valence-electron chi connectivity index (χ4n) is 2.83. The molecule has 0 fully saturated rings. The molecule has 0 unspecified atom stereocenters. The molecule has 0 spiro atoms. The van der Waals surface area contributed by atoms with E-state index in [1.807, 2.05) is 23.8 Å². The van der Waals surface area contributed by atoms with Gasteiger partial charge in [0.05, 0.1) is 11.3 Å². The predicted octanol–water partition coefficient (Wildman–Crippen LogP) is 1.29. The molecule has 21 heavy (non-hydrogen) atoms. The molecule has 1 N–H and O–H groups in total. The molecular formula is C15H17N5O. The molecule has 3 heterocycles. The zero-order valence-electron chi connectivity index (χ0n) is 12.2. The van der Waals surface area contributed by atoms with Crippen LogP contribution in [0.25, 0.3) is 0 Å².